The number of rotatable bonds is 5. The Morgan fingerprint density at radius 3 is 2.65 bits per heavy atom. The molecule has 1 unspecified atom stereocenters. The lowest BCUT2D eigenvalue weighted by Crippen LogP contribution is -2.52. The smallest absolute Gasteiger partial charge is 0.410 e. The highest BCUT2D eigenvalue weighted by molar-refractivity contribution is 5.78. The number of hydrogen-bond acceptors (Lipinski definition) is 4. The van der Waals surface area contributed by atoms with Crippen molar-refractivity contribution in [3.8, 4) is 0 Å². The fourth-order valence-electron chi connectivity index (χ4n) is 2.91. The Bertz CT molecular complexity index is 504. The Kier molecular flexibility index (Phi) is 5.36. The summed E-state index contributed by atoms with van der Waals surface area (Å²) >= 11 is 0. The average molecular weight is 323 g/mol. The van der Waals surface area contributed by atoms with Crippen LogP contribution in [0.4, 0.5) is 4.79 Å². The molecule has 0 saturated carbocycles. The maximum absolute atomic E-state index is 11.9. The second-order valence-corrected chi connectivity index (χ2v) is 7.36. The minimum atomic E-state index is -0.467. The molecule has 0 aliphatic carbocycles. The lowest BCUT2D eigenvalue weighted by atomic mass is 9.96. The molecule has 0 aromatic carbocycles. The van der Waals surface area contributed by atoms with Crippen molar-refractivity contribution in [1.29, 1.82) is 0 Å². The first-order valence-electron chi connectivity index (χ1n) is 8.05. The molecule has 2 rings (SSSR count). The average Bonchev–Trinajstić information content (AvgIpc) is 2.73. The van der Waals surface area contributed by atoms with Gasteiger partial charge in [-0.15, -0.1) is 0 Å². The first-order chi connectivity index (χ1) is 10.8. The molecule has 2 aliphatic heterocycles. The maximum atomic E-state index is 11.9. The maximum Gasteiger partial charge on any atom is 0.410 e. The van der Waals surface area contributed by atoms with Gasteiger partial charge in [0.2, 0.25) is 5.91 Å². The molecule has 0 radical (unpaired) electrons. The molecule has 0 bridgehead atoms. The molecule has 1 atom stereocenters. The van der Waals surface area contributed by atoms with E-state index >= 15 is 0 Å². The molecule has 2 saturated heterocycles. The molecule has 2 heterocycles. The van der Waals surface area contributed by atoms with Crippen LogP contribution in [-0.4, -0.2) is 60.1 Å². The zero-order valence-corrected chi connectivity index (χ0v) is 14.1. The van der Waals surface area contributed by atoms with Crippen LogP contribution < -0.4 is 0 Å². The fourth-order valence-corrected chi connectivity index (χ4v) is 2.91. The number of nitrogens with zero attached hydrogens (tertiary/aromatic N) is 5. The highest BCUT2D eigenvalue weighted by Gasteiger charge is 2.35. The van der Waals surface area contributed by atoms with Gasteiger partial charge in [-0.25, -0.2) is 4.79 Å². The van der Waals surface area contributed by atoms with E-state index in [1.54, 1.807) is 4.90 Å². The van der Waals surface area contributed by atoms with Crippen LogP contribution in [0.2, 0.25) is 0 Å². The van der Waals surface area contributed by atoms with Crippen LogP contribution in [0.1, 0.15) is 33.6 Å². The third kappa shape index (κ3) is 5.03. The molecule has 2 amide bonds. The number of hydrogen-bond donors (Lipinski definition) is 0. The third-order valence-electron chi connectivity index (χ3n) is 4.11. The van der Waals surface area contributed by atoms with Gasteiger partial charge in [-0.3, -0.25) is 4.79 Å². The van der Waals surface area contributed by atoms with Crippen LogP contribution in [0.3, 0.4) is 0 Å². The van der Waals surface area contributed by atoms with E-state index in [0.29, 0.717) is 45.1 Å². The summed E-state index contributed by atoms with van der Waals surface area (Å²) in [4.78, 5) is 30.0. The van der Waals surface area contributed by atoms with Crippen molar-refractivity contribution >= 4 is 12.0 Å². The molecule has 0 aromatic heterocycles. The van der Waals surface area contributed by atoms with Crippen LogP contribution in [0.5, 0.6) is 0 Å². The van der Waals surface area contributed by atoms with Gasteiger partial charge in [0, 0.05) is 44.1 Å². The van der Waals surface area contributed by atoms with Crippen molar-refractivity contribution < 1.29 is 14.3 Å². The second kappa shape index (κ2) is 7.08. The Hall–Kier alpha value is -1.95. The molecule has 128 valence electrons. The van der Waals surface area contributed by atoms with Crippen LogP contribution in [0.15, 0.2) is 5.11 Å². The second-order valence-electron chi connectivity index (χ2n) is 7.36. The summed E-state index contributed by atoms with van der Waals surface area (Å²) in [6.45, 7) is 8.71. The minimum absolute atomic E-state index is 0.131. The standard InChI is InChI=1S/C15H25N5O3/c1-15(2,3)23-14(22)20-8-11(9-20)4-5-19-10-12(6-13(19)21)7-17-18-16/h11-12H,4-10H2,1-3H3. The van der Waals surface area contributed by atoms with E-state index in [1.165, 1.54) is 0 Å². The van der Waals surface area contributed by atoms with E-state index in [4.69, 9.17) is 10.3 Å². The van der Waals surface area contributed by atoms with E-state index in [-0.39, 0.29) is 17.9 Å². The number of ether oxygens (including phenoxy) is 1. The van der Waals surface area contributed by atoms with Crippen molar-refractivity contribution in [2.45, 2.75) is 39.2 Å². The van der Waals surface area contributed by atoms with Crippen molar-refractivity contribution in [1.82, 2.24) is 9.80 Å². The number of amides is 2. The van der Waals surface area contributed by atoms with Gasteiger partial charge in [0.25, 0.3) is 0 Å². The summed E-state index contributed by atoms with van der Waals surface area (Å²) in [6.07, 6.45) is 1.09. The highest BCUT2D eigenvalue weighted by atomic mass is 16.6. The molecule has 2 aliphatic rings. The lowest BCUT2D eigenvalue weighted by Gasteiger charge is -2.40. The van der Waals surface area contributed by atoms with Gasteiger partial charge in [0.15, 0.2) is 0 Å². The van der Waals surface area contributed by atoms with Gasteiger partial charge in [-0.2, -0.15) is 0 Å². The first kappa shape index (κ1) is 17.4. The number of azide groups is 1. The minimum Gasteiger partial charge on any atom is -0.444 e. The number of likely N-dealkylation sites (tertiary alicyclic amines) is 2. The molecule has 2 fully saturated rings. The van der Waals surface area contributed by atoms with Crippen molar-refractivity contribution in [2.24, 2.45) is 17.0 Å². The van der Waals surface area contributed by atoms with Crippen LogP contribution >= 0.6 is 0 Å². The zero-order valence-electron chi connectivity index (χ0n) is 14.1. The van der Waals surface area contributed by atoms with E-state index in [9.17, 15) is 9.59 Å². The number of carbonyl (C=O) groups is 2. The summed E-state index contributed by atoms with van der Waals surface area (Å²) in [5, 5.41) is 3.55. The van der Waals surface area contributed by atoms with Crippen LogP contribution in [-0.2, 0) is 9.53 Å². The lowest BCUT2D eigenvalue weighted by molar-refractivity contribution is -0.128. The molecular formula is C15H25N5O3. The van der Waals surface area contributed by atoms with E-state index in [2.05, 4.69) is 10.0 Å². The summed E-state index contributed by atoms with van der Waals surface area (Å²) in [6, 6.07) is 0. The first-order valence-corrected chi connectivity index (χ1v) is 8.05. The summed E-state index contributed by atoms with van der Waals surface area (Å²) in [5.74, 6) is 0.691. The molecule has 0 spiro atoms. The van der Waals surface area contributed by atoms with Crippen LogP contribution in [0.25, 0.3) is 10.4 Å². The summed E-state index contributed by atoms with van der Waals surface area (Å²) in [7, 11) is 0. The Balaban J connectivity index is 1.66. The predicted molar refractivity (Wildman–Crippen MR) is 84.6 cm³/mol. The highest BCUT2D eigenvalue weighted by Crippen LogP contribution is 2.24. The van der Waals surface area contributed by atoms with Gasteiger partial charge in [-0.05, 0) is 44.6 Å². The summed E-state index contributed by atoms with van der Waals surface area (Å²) < 4.78 is 5.32. The topological polar surface area (TPSA) is 98.6 Å². The van der Waals surface area contributed by atoms with E-state index < -0.39 is 5.60 Å². The van der Waals surface area contributed by atoms with E-state index in [1.807, 2.05) is 25.7 Å². The molecular weight excluding hydrogens is 298 g/mol. The van der Waals surface area contributed by atoms with Gasteiger partial charge in [-0.1, -0.05) is 5.11 Å². The van der Waals surface area contributed by atoms with Gasteiger partial charge in [0.05, 0.1) is 0 Å². The van der Waals surface area contributed by atoms with Crippen molar-refractivity contribution in [2.75, 3.05) is 32.7 Å². The number of carbonyl (C=O) groups excluding carboxylic acids is 2. The third-order valence-corrected chi connectivity index (χ3v) is 4.11. The van der Waals surface area contributed by atoms with Gasteiger partial charge < -0.3 is 14.5 Å². The van der Waals surface area contributed by atoms with Crippen molar-refractivity contribution in [3.63, 3.8) is 0 Å². The van der Waals surface area contributed by atoms with E-state index in [0.717, 1.165) is 6.42 Å². The van der Waals surface area contributed by atoms with Crippen LogP contribution in [0, 0.1) is 11.8 Å². The van der Waals surface area contributed by atoms with Gasteiger partial charge in [0.1, 0.15) is 5.60 Å². The normalized spacial score (nSPS) is 21.9. The SMILES string of the molecule is CC(C)(C)OC(=O)N1CC(CCN2CC(CN=[N+]=[N-])CC2=O)C1. The largest absolute Gasteiger partial charge is 0.444 e. The zero-order chi connectivity index (χ0) is 17.0. The monoisotopic (exact) mass is 323 g/mol. The molecule has 0 aromatic rings. The molecule has 8 nitrogen and oxygen atoms in total. The quantitative estimate of drug-likeness (QED) is 0.441. The predicted octanol–water partition coefficient (Wildman–Crippen LogP) is 2.40. The molecule has 0 N–H and O–H groups in total. The Morgan fingerprint density at radius 1 is 1.35 bits per heavy atom. The van der Waals surface area contributed by atoms with Crippen molar-refractivity contribution in [3.05, 3.63) is 10.4 Å². The van der Waals surface area contributed by atoms with Gasteiger partial charge >= 0.3 is 6.09 Å². The Labute approximate surface area is 136 Å². The molecule has 23 heavy (non-hydrogen) atoms. The fraction of sp³-hybridized carbons (Fsp3) is 0.867. The molecule has 8 heteroatoms. The summed E-state index contributed by atoms with van der Waals surface area (Å²) in [5.41, 5.74) is 7.86. The Morgan fingerprint density at radius 2 is 2.04 bits per heavy atom.